The van der Waals surface area contributed by atoms with Gasteiger partial charge in [-0.2, -0.15) is 0 Å². The maximum atomic E-state index is 4.43. The molecule has 5 nitrogen and oxygen atoms in total. The van der Waals surface area contributed by atoms with Crippen molar-refractivity contribution in [3.8, 4) is 0 Å². The fourth-order valence-electron chi connectivity index (χ4n) is 4.05. The average Bonchev–Trinajstić information content (AvgIpc) is 3.01. The van der Waals surface area contributed by atoms with E-state index in [-0.39, 0.29) is 24.0 Å². The Morgan fingerprint density at radius 2 is 1.55 bits per heavy atom. The Morgan fingerprint density at radius 3 is 2.16 bits per heavy atom. The molecule has 0 bridgehead atoms. The predicted molar refractivity (Wildman–Crippen MR) is 143 cm³/mol. The summed E-state index contributed by atoms with van der Waals surface area (Å²) in [5.74, 6) is 1.17. The molecule has 0 spiro atoms. The van der Waals surface area contributed by atoms with Gasteiger partial charge in [-0.05, 0) is 50.7 Å². The van der Waals surface area contributed by atoms with Crippen LogP contribution in [0.2, 0.25) is 0 Å². The smallest absolute Gasteiger partial charge is 0.191 e. The van der Waals surface area contributed by atoms with E-state index in [0.29, 0.717) is 5.92 Å². The van der Waals surface area contributed by atoms with Crippen molar-refractivity contribution in [3.05, 3.63) is 71.8 Å². The third-order valence-electron chi connectivity index (χ3n) is 5.86. The van der Waals surface area contributed by atoms with Crippen LogP contribution in [0.1, 0.15) is 29.9 Å². The highest BCUT2D eigenvalue weighted by Gasteiger charge is 2.15. The van der Waals surface area contributed by atoms with Gasteiger partial charge in [-0.15, -0.1) is 24.0 Å². The molecule has 1 heterocycles. The van der Waals surface area contributed by atoms with Crippen molar-refractivity contribution >= 4 is 29.9 Å². The van der Waals surface area contributed by atoms with Crippen LogP contribution in [0.15, 0.2) is 65.7 Å². The number of benzene rings is 2. The minimum absolute atomic E-state index is 0. The van der Waals surface area contributed by atoms with Crippen molar-refractivity contribution in [1.29, 1.82) is 0 Å². The van der Waals surface area contributed by atoms with E-state index in [1.807, 2.05) is 7.05 Å². The van der Waals surface area contributed by atoms with Crippen LogP contribution in [-0.2, 0) is 0 Å². The van der Waals surface area contributed by atoms with Gasteiger partial charge in [-0.3, -0.25) is 4.99 Å². The molecule has 0 saturated carbocycles. The Hall–Kier alpha value is -1.64. The van der Waals surface area contributed by atoms with E-state index in [4.69, 9.17) is 0 Å². The first-order valence-corrected chi connectivity index (χ1v) is 11.2. The molecule has 3 rings (SSSR count). The molecular formula is C25H38IN5. The second kappa shape index (κ2) is 14.4. The van der Waals surface area contributed by atoms with Gasteiger partial charge in [0.2, 0.25) is 0 Å². The highest BCUT2D eigenvalue weighted by Crippen LogP contribution is 2.23. The standard InChI is InChI=1S/C25H37N5.HI/c1-26-25(27-15-9-17-30-18-10-16-29(2)19-20-30)28-21-24(22-11-5-3-6-12-22)23-13-7-4-8-14-23;/h3-8,11-14,24H,9-10,15-21H2,1-2H3,(H2,26,27,28);1H. The van der Waals surface area contributed by atoms with Crippen molar-refractivity contribution in [3.63, 3.8) is 0 Å². The SMILES string of the molecule is CN=C(NCCCN1CCCN(C)CC1)NCC(c1ccccc1)c1ccccc1.I. The molecule has 1 fully saturated rings. The van der Waals surface area contributed by atoms with Gasteiger partial charge >= 0.3 is 0 Å². The van der Waals surface area contributed by atoms with Crippen LogP contribution in [0.25, 0.3) is 0 Å². The van der Waals surface area contributed by atoms with Crippen LogP contribution in [0.3, 0.4) is 0 Å². The Morgan fingerprint density at radius 1 is 0.903 bits per heavy atom. The highest BCUT2D eigenvalue weighted by atomic mass is 127. The Labute approximate surface area is 205 Å². The summed E-state index contributed by atoms with van der Waals surface area (Å²) in [4.78, 5) is 9.45. The quantitative estimate of drug-likeness (QED) is 0.235. The monoisotopic (exact) mass is 535 g/mol. The number of guanidine groups is 1. The van der Waals surface area contributed by atoms with E-state index in [0.717, 1.165) is 32.0 Å². The second-order valence-electron chi connectivity index (χ2n) is 8.11. The van der Waals surface area contributed by atoms with Crippen molar-refractivity contribution in [2.75, 3.05) is 59.9 Å². The summed E-state index contributed by atoms with van der Waals surface area (Å²) in [7, 11) is 4.07. The normalized spacial score (nSPS) is 15.9. The van der Waals surface area contributed by atoms with E-state index in [1.165, 1.54) is 43.7 Å². The molecule has 0 aromatic heterocycles. The fraction of sp³-hybridized carbons (Fsp3) is 0.480. The van der Waals surface area contributed by atoms with Crippen LogP contribution < -0.4 is 10.6 Å². The molecule has 170 valence electrons. The number of hydrogen-bond acceptors (Lipinski definition) is 3. The number of halogens is 1. The zero-order valence-electron chi connectivity index (χ0n) is 19.0. The van der Waals surface area contributed by atoms with Crippen LogP contribution >= 0.6 is 24.0 Å². The Balaban J connectivity index is 0.00000341. The van der Waals surface area contributed by atoms with Crippen LogP contribution in [-0.4, -0.2) is 75.7 Å². The van der Waals surface area contributed by atoms with Gasteiger partial charge in [0, 0.05) is 39.1 Å². The predicted octanol–water partition coefficient (Wildman–Crippen LogP) is 3.63. The van der Waals surface area contributed by atoms with Gasteiger partial charge in [-0.25, -0.2) is 0 Å². The second-order valence-corrected chi connectivity index (χ2v) is 8.11. The van der Waals surface area contributed by atoms with Gasteiger partial charge in [0.15, 0.2) is 5.96 Å². The van der Waals surface area contributed by atoms with E-state index >= 15 is 0 Å². The van der Waals surface area contributed by atoms with Gasteiger partial charge in [-0.1, -0.05) is 60.7 Å². The number of rotatable bonds is 8. The van der Waals surface area contributed by atoms with E-state index in [1.54, 1.807) is 0 Å². The molecule has 6 heteroatoms. The maximum Gasteiger partial charge on any atom is 0.191 e. The number of aliphatic imine (C=N–C) groups is 1. The molecule has 0 amide bonds. The lowest BCUT2D eigenvalue weighted by molar-refractivity contribution is 0.274. The van der Waals surface area contributed by atoms with Crippen LogP contribution in [0, 0.1) is 0 Å². The summed E-state index contributed by atoms with van der Waals surface area (Å²) < 4.78 is 0. The molecule has 2 aromatic carbocycles. The van der Waals surface area contributed by atoms with E-state index < -0.39 is 0 Å². The summed E-state index contributed by atoms with van der Waals surface area (Å²) in [6.45, 7) is 7.69. The molecule has 0 atom stereocenters. The van der Waals surface area contributed by atoms with Gasteiger partial charge in [0.05, 0.1) is 0 Å². The molecule has 2 aromatic rings. The summed E-state index contributed by atoms with van der Waals surface area (Å²) >= 11 is 0. The lowest BCUT2D eigenvalue weighted by Gasteiger charge is -2.22. The Kier molecular flexibility index (Phi) is 11.9. The molecule has 2 N–H and O–H groups in total. The minimum atomic E-state index is 0. The molecule has 1 saturated heterocycles. The fourth-order valence-corrected chi connectivity index (χ4v) is 4.05. The first-order chi connectivity index (χ1) is 14.8. The number of hydrogen-bond donors (Lipinski definition) is 2. The molecule has 0 aliphatic carbocycles. The van der Waals surface area contributed by atoms with Gasteiger partial charge < -0.3 is 20.4 Å². The van der Waals surface area contributed by atoms with Crippen LogP contribution in [0.4, 0.5) is 0 Å². The molecule has 1 aliphatic heterocycles. The summed E-state index contributed by atoms with van der Waals surface area (Å²) in [5, 5.41) is 7.03. The average molecular weight is 536 g/mol. The van der Waals surface area contributed by atoms with Crippen molar-refractivity contribution in [2.45, 2.75) is 18.8 Å². The molecular weight excluding hydrogens is 497 g/mol. The van der Waals surface area contributed by atoms with E-state index in [2.05, 4.69) is 93.1 Å². The summed E-state index contributed by atoms with van der Waals surface area (Å²) in [6, 6.07) is 21.4. The molecule has 0 unspecified atom stereocenters. The molecule has 0 radical (unpaired) electrons. The van der Waals surface area contributed by atoms with Crippen molar-refractivity contribution in [2.24, 2.45) is 4.99 Å². The minimum Gasteiger partial charge on any atom is -0.356 e. The zero-order chi connectivity index (χ0) is 21.0. The van der Waals surface area contributed by atoms with Crippen molar-refractivity contribution < 1.29 is 0 Å². The topological polar surface area (TPSA) is 42.9 Å². The number of likely N-dealkylation sites (N-methyl/N-ethyl adjacent to an activating group) is 1. The van der Waals surface area contributed by atoms with Crippen LogP contribution in [0.5, 0.6) is 0 Å². The third-order valence-corrected chi connectivity index (χ3v) is 5.86. The maximum absolute atomic E-state index is 4.43. The first-order valence-electron chi connectivity index (χ1n) is 11.2. The zero-order valence-corrected chi connectivity index (χ0v) is 21.3. The Bertz CT molecular complexity index is 714. The number of nitrogens with one attached hydrogen (secondary N) is 2. The largest absolute Gasteiger partial charge is 0.356 e. The van der Waals surface area contributed by atoms with Gasteiger partial charge in [0.25, 0.3) is 0 Å². The van der Waals surface area contributed by atoms with E-state index in [9.17, 15) is 0 Å². The highest BCUT2D eigenvalue weighted by molar-refractivity contribution is 14.0. The molecule has 31 heavy (non-hydrogen) atoms. The third kappa shape index (κ3) is 8.79. The van der Waals surface area contributed by atoms with Gasteiger partial charge in [0.1, 0.15) is 0 Å². The summed E-state index contributed by atoms with van der Waals surface area (Å²) in [6.07, 6.45) is 2.40. The number of nitrogens with zero attached hydrogens (tertiary/aromatic N) is 3. The van der Waals surface area contributed by atoms with Crippen molar-refractivity contribution in [1.82, 2.24) is 20.4 Å². The summed E-state index contributed by atoms with van der Waals surface area (Å²) in [5.41, 5.74) is 2.63. The molecule has 1 aliphatic rings. The lowest BCUT2D eigenvalue weighted by atomic mass is 9.91. The lowest BCUT2D eigenvalue weighted by Crippen LogP contribution is -2.40. The first kappa shape index (κ1) is 25.6.